The third-order valence-corrected chi connectivity index (χ3v) is 4.79. The summed E-state index contributed by atoms with van der Waals surface area (Å²) in [6, 6.07) is 15.1. The van der Waals surface area contributed by atoms with Gasteiger partial charge in [0.1, 0.15) is 11.5 Å². The second-order valence-electron chi connectivity index (χ2n) is 6.09. The van der Waals surface area contributed by atoms with Gasteiger partial charge in [-0.1, -0.05) is 51.3 Å². The molecule has 2 rings (SSSR count). The van der Waals surface area contributed by atoms with Gasteiger partial charge in [0.25, 0.3) is 0 Å². The first-order valence-corrected chi connectivity index (χ1v) is 8.88. The van der Waals surface area contributed by atoms with E-state index in [0.717, 1.165) is 36.1 Å². The highest BCUT2D eigenvalue weighted by Gasteiger charge is 2.30. The van der Waals surface area contributed by atoms with Gasteiger partial charge in [-0.25, -0.2) is 9.59 Å². The lowest BCUT2D eigenvalue weighted by atomic mass is 9.70. The molecular formula is C23H24O4. The Balaban J connectivity index is 2.33. The van der Waals surface area contributed by atoms with E-state index in [1.54, 1.807) is 24.3 Å². The van der Waals surface area contributed by atoms with Crippen LogP contribution in [-0.4, -0.2) is 11.9 Å². The quantitative estimate of drug-likeness (QED) is 0.377. The van der Waals surface area contributed by atoms with E-state index in [1.165, 1.54) is 0 Å². The Morgan fingerprint density at radius 3 is 1.37 bits per heavy atom. The molecule has 4 heteroatoms. The molecule has 0 unspecified atom stereocenters. The number of hydrogen-bond donors (Lipinski definition) is 0. The van der Waals surface area contributed by atoms with Crippen molar-refractivity contribution in [2.45, 2.75) is 32.1 Å². The Morgan fingerprint density at radius 2 is 1.11 bits per heavy atom. The van der Waals surface area contributed by atoms with Crippen LogP contribution in [0.4, 0.5) is 0 Å². The van der Waals surface area contributed by atoms with Crippen LogP contribution in [0, 0.1) is 0 Å². The van der Waals surface area contributed by atoms with Crippen molar-refractivity contribution in [3.63, 3.8) is 0 Å². The van der Waals surface area contributed by atoms with E-state index in [4.69, 9.17) is 9.47 Å². The van der Waals surface area contributed by atoms with Crippen molar-refractivity contribution in [2.75, 3.05) is 0 Å². The SMILES string of the molecule is C=CC(=O)Oc1ccc(C(CC)(CC)c2ccc(OC(=O)C=C)cc2)cc1. The summed E-state index contributed by atoms with van der Waals surface area (Å²) in [4.78, 5) is 22.7. The normalized spacial score (nSPS) is 10.7. The fraction of sp³-hybridized carbons (Fsp3) is 0.217. The van der Waals surface area contributed by atoms with Crippen LogP contribution in [-0.2, 0) is 15.0 Å². The van der Waals surface area contributed by atoms with Crippen molar-refractivity contribution in [1.82, 2.24) is 0 Å². The zero-order valence-corrected chi connectivity index (χ0v) is 15.7. The highest BCUT2D eigenvalue weighted by atomic mass is 16.5. The first kappa shape index (κ1) is 20.2. The van der Waals surface area contributed by atoms with Gasteiger partial charge in [-0.3, -0.25) is 0 Å². The van der Waals surface area contributed by atoms with Gasteiger partial charge in [0.15, 0.2) is 0 Å². The minimum Gasteiger partial charge on any atom is -0.423 e. The molecule has 140 valence electrons. The lowest BCUT2D eigenvalue weighted by molar-refractivity contribution is -0.129. The summed E-state index contributed by atoms with van der Waals surface area (Å²) in [5.74, 6) is 0.00203. The number of carbonyl (C=O) groups is 2. The summed E-state index contributed by atoms with van der Waals surface area (Å²) < 4.78 is 10.3. The van der Waals surface area contributed by atoms with Gasteiger partial charge < -0.3 is 9.47 Å². The highest BCUT2D eigenvalue weighted by molar-refractivity contribution is 5.83. The average Bonchev–Trinajstić information content (AvgIpc) is 2.71. The molecule has 0 aromatic heterocycles. The van der Waals surface area contributed by atoms with Crippen molar-refractivity contribution in [1.29, 1.82) is 0 Å². The maximum absolute atomic E-state index is 11.3. The van der Waals surface area contributed by atoms with Crippen molar-refractivity contribution in [2.24, 2.45) is 0 Å². The minimum atomic E-state index is -0.482. The Kier molecular flexibility index (Phi) is 6.72. The molecule has 0 amide bonds. The van der Waals surface area contributed by atoms with Gasteiger partial charge in [-0.2, -0.15) is 0 Å². The standard InChI is InChI=1S/C23H24O4/c1-5-21(24)26-19-13-9-17(10-14-19)23(7-3,8-4)18-11-15-20(16-12-18)27-22(25)6-2/h5-6,9-16H,1-2,7-8H2,3-4H3. The lowest BCUT2D eigenvalue weighted by Gasteiger charge is -2.33. The Morgan fingerprint density at radius 1 is 0.778 bits per heavy atom. The topological polar surface area (TPSA) is 52.6 Å². The molecule has 0 bridgehead atoms. The largest absolute Gasteiger partial charge is 0.423 e. The fourth-order valence-electron chi connectivity index (χ4n) is 3.23. The molecule has 0 aliphatic heterocycles. The molecule has 4 nitrogen and oxygen atoms in total. The first-order valence-electron chi connectivity index (χ1n) is 8.88. The number of esters is 2. The predicted molar refractivity (Wildman–Crippen MR) is 106 cm³/mol. The van der Waals surface area contributed by atoms with Gasteiger partial charge >= 0.3 is 11.9 Å². The van der Waals surface area contributed by atoms with Gasteiger partial charge in [-0.05, 0) is 48.2 Å². The molecule has 0 fully saturated rings. The van der Waals surface area contributed by atoms with Crippen LogP contribution in [0.1, 0.15) is 37.8 Å². The summed E-state index contributed by atoms with van der Waals surface area (Å²) >= 11 is 0. The van der Waals surface area contributed by atoms with Gasteiger partial charge in [-0.15, -0.1) is 0 Å². The molecule has 0 saturated heterocycles. The lowest BCUT2D eigenvalue weighted by Crippen LogP contribution is -2.26. The zero-order chi connectivity index (χ0) is 19.9. The van der Waals surface area contributed by atoms with Crippen molar-refractivity contribution in [3.8, 4) is 11.5 Å². The number of carbonyl (C=O) groups excluding carboxylic acids is 2. The molecule has 0 aliphatic rings. The third-order valence-electron chi connectivity index (χ3n) is 4.79. The number of benzene rings is 2. The molecule has 0 atom stereocenters. The molecule has 0 radical (unpaired) electrons. The van der Waals surface area contributed by atoms with Gasteiger partial charge in [0.05, 0.1) is 0 Å². The van der Waals surface area contributed by atoms with E-state index in [-0.39, 0.29) is 5.41 Å². The molecule has 0 spiro atoms. The monoisotopic (exact) mass is 364 g/mol. The summed E-state index contributed by atoms with van der Waals surface area (Å²) in [5, 5.41) is 0. The maximum atomic E-state index is 11.3. The van der Waals surface area contributed by atoms with E-state index < -0.39 is 11.9 Å². The average molecular weight is 364 g/mol. The second kappa shape index (κ2) is 8.99. The van der Waals surface area contributed by atoms with Gasteiger partial charge in [0.2, 0.25) is 0 Å². The highest BCUT2D eigenvalue weighted by Crippen LogP contribution is 2.40. The molecule has 27 heavy (non-hydrogen) atoms. The van der Waals surface area contributed by atoms with Crippen LogP contribution in [0.25, 0.3) is 0 Å². The Labute approximate surface area is 160 Å². The number of hydrogen-bond acceptors (Lipinski definition) is 4. The molecule has 0 heterocycles. The first-order chi connectivity index (χ1) is 13.0. The molecule has 0 N–H and O–H groups in total. The van der Waals surface area contributed by atoms with Crippen LogP contribution in [0.15, 0.2) is 73.8 Å². The van der Waals surface area contributed by atoms with E-state index in [9.17, 15) is 9.59 Å². The predicted octanol–water partition coefficient (Wildman–Crippen LogP) is 4.98. The van der Waals surface area contributed by atoms with Crippen LogP contribution in [0.3, 0.4) is 0 Å². The van der Waals surface area contributed by atoms with Gasteiger partial charge in [0, 0.05) is 17.6 Å². The zero-order valence-electron chi connectivity index (χ0n) is 15.7. The van der Waals surface area contributed by atoms with Crippen LogP contribution >= 0.6 is 0 Å². The van der Waals surface area contributed by atoms with E-state index in [1.807, 2.05) is 24.3 Å². The van der Waals surface area contributed by atoms with Crippen LogP contribution < -0.4 is 9.47 Å². The molecule has 0 saturated carbocycles. The number of ether oxygens (including phenoxy) is 2. The Bertz CT molecular complexity index is 745. The molecule has 2 aromatic carbocycles. The summed E-state index contributed by atoms with van der Waals surface area (Å²) in [6.45, 7) is 11.1. The summed E-state index contributed by atoms with van der Waals surface area (Å²) in [7, 11) is 0. The third kappa shape index (κ3) is 4.53. The van der Waals surface area contributed by atoms with E-state index in [0.29, 0.717) is 11.5 Å². The molecular weight excluding hydrogens is 340 g/mol. The van der Waals surface area contributed by atoms with Crippen molar-refractivity contribution >= 4 is 11.9 Å². The van der Waals surface area contributed by atoms with Crippen molar-refractivity contribution < 1.29 is 19.1 Å². The second-order valence-corrected chi connectivity index (χ2v) is 6.09. The maximum Gasteiger partial charge on any atom is 0.335 e. The minimum absolute atomic E-state index is 0.193. The Hall–Kier alpha value is -3.14. The summed E-state index contributed by atoms with van der Waals surface area (Å²) in [5.41, 5.74) is 2.06. The van der Waals surface area contributed by atoms with Crippen LogP contribution in [0.5, 0.6) is 11.5 Å². The molecule has 0 aliphatic carbocycles. The summed E-state index contributed by atoms with van der Waals surface area (Å²) in [6.07, 6.45) is 4.05. The van der Waals surface area contributed by atoms with E-state index in [2.05, 4.69) is 27.0 Å². The van der Waals surface area contributed by atoms with E-state index >= 15 is 0 Å². The smallest absolute Gasteiger partial charge is 0.335 e. The fourth-order valence-corrected chi connectivity index (χ4v) is 3.23. The van der Waals surface area contributed by atoms with Crippen molar-refractivity contribution in [3.05, 3.63) is 85.0 Å². The number of rotatable bonds is 8. The molecule has 2 aromatic rings. The van der Waals surface area contributed by atoms with Crippen LogP contribution in [0.2, 0.25) is 0 Å².